The number of rotatable bonds is 7. The van der Waals surface area contributed by atoms with Crippen molar-refractivity contribution in [3.8, 4) is 17.2 Å². The zero-order valence-electron chi connectivity index (χ0n) is 20.6. The highest BCUT2D eigenvalue weighted by Gasteiger charge is 2.49. The van der Waals surface area contributed by atoms with E-state index in [1.165, 1.54) is 18.2 Å². The minimum absolute atomic E-state index is 0.0636. The minimum atomic E-state index is -1.84. The lowest BCUT2D eigenvalue weighted by Gasteiger charge is -2.39. The maximum atomic E-state index is 12.8. The van der Waals surface area contributed by atoms with E-state index in [0.717, 1.165) is 0 Å². The van der Waals surface area contributed by atoms with Crippen molar-refractivity contribution in [2.75, 3.05) is 19.8 Å². The Morgan fingerprint density at radius 2 is 1.59 bits per heavy atom. The zero-order valence-corrected chi connectivity index (χ0v) is 20.6. The Kier molecular flexibility index (Phi) is 7.79. The Balaban J connectivity index is 1.26. The van der Waals surface area contributed by atoms with Gasteiger partial charge in [-0.05, 0) is 29.8 Å². The predicted octanol–water partition coefficient (Wildman–Crippen LogP) is -1.61. The summed E-state index contributed by atoms with van der Waals surface area (Å²) in [5.74, 6) is 0.567. The number of hydrogen-bond donors (Lipinski definition) is 7. The third-order valence-electron chi connectivity index (χ3n) is 7.08. The molecule has 13 nitrogen and oxygen atoms in total. The van der Waals surface area contributed by atoms with Crippen LogP contribution in [0.2, 0.25) is 0 Å². The SMILES string of the molecule is O=C1CC(c2ccc(O[C@@H]3O[C@H](CO)[C@@H](O)[C@H](O)[C@H]3O)cc2)Oc2cc(O[C@@H]3OCC(O)(CO)[C@H]3O)ccc21. The summed E-state index contributed by atoms with van der Waals surface area (Å²) in [6.07, 6.45) is -10.4. The number of aliphatic hydroxyl groups is 7. The molecule has 2 fully saturated rings. The van der Waals surface area contributed by atoms with Crippen LogP contribution in [0.4, 0.5) is 0 Å². The zero-order chi connectivity index (χ0) is 27.9. The van der Waals surface area contributed by atoms with Crippen LogP contribution in [0.15, 0.2) is 42.5 Å². The van der Waals surface area contributed by atoms with E-state index in [0.29, 0.717) is 11.1 Å². The van der Waals surface area contributed by atoms with E-state index in [2.05, 4.69) is 0 Å². The first-order valence-corrected chi connectivity index (χ1v) is 12.3. The van der Waals surface area contributed by atoms with Crippen LogP contribution in [0.25, 0.3) is 0 Å². The molecule has 2 aromatic carbocycles. The molecule has 3 aliphatic heterocycles. The lowest BCUT2D eigenvalue weighted by molar-refractivity contribution is -0.277. The maximum Gasteiger partial charge on any atom is 0.229 e. The average molecular weight is 551 g/mol. The molecule has 13 heteroatoms. The molecule has 0 aliphatic carbocycles. The summed E-state index contributed by atoms with van der Waals surface area (Å²) >= 11 is 0. The fourth-order valence-corrected chi connectivity index (χ4v) is 4.65. The van der Waals surface area contributed by atoms with Crippen LogP contribution in [-0.2, 0) is 9.47 Å². The van der Waals surface area contributed by atoms with Gasteiger partial charge in [-0.1, -0.05) is 12.1 Å². The summed E-state index contributed by atoms with van der Waals surface area (Å²) in [5.41, 5.74) is -0.847. The summed E-state index contributed by atoms with van der Waals surface area (Å²) < 4.78 is 27.9. The van der Waals surface area contributed by atoms with E-state index in [1.54, 1.807) is 24.3 Å². The van der Waals surface area contributed by atoms with Gasteiger partial charge in [-0.2, -0.15) is 0 Å². The molecule has 212 valence electrons. The van der Waals surface area contributed by atoms with Gasteiger partial charge in [0.25, 0.3) is 0 Å². The summed E-state index contributed by atoms with van der Waals surface area (Å²) in [6, 6.07) is 10.9. The van der Waals surface area contributed by atoms with Crippen molar-refractivity contribution >= 4 is 5.78 Å². The molecular weight excluding hydrogens is 520 g/mol. The van der Waals surface area contributed by atoms with Crippen LogP contribution < -0.4 is 14.2 Å². The molecule has 39 heavy (non-hydrogen) atoms. The van der Waals surface area contributed by atoms with Crippen LogP contribution in [0, 0.1) is 0 Å². The van der Waals surface area contributed by atoms with Gasteiger partial charge in [-0.3, -0.25) is 4.79 Å². The second-order valence-electron chi connectivity index (χ2n) is 9.78. The number of Topliss-reactive ketones (excluding diaryl/α,β-unsaturated/α-hetero) is 1. The van der Waals surface area contributed by atoms with Crippen molar-refractivity contribution in [3.63, 3.8) is 0 Å². The first kappa shape index (κ1) is 27.7. The van der Waals surface area contributed by atoms with Crippen molar-refractivity contribution in [2.45, 2.75) is 61.2 Å². The third-order valence-corrected chi connectivity index (χ3v) is 7.08. The molecule has 2 saturated heterocycles. The maximum absolute atomic E-state index is 12.8. The fourth-order valence-electron chi connectivity index (χ4n) is 4.65. The smallest absolute Gasteiger partial charge is 0.229 e. The topological polar surface area (TPSA) is 205 Å². The van der Waals surface area contributed by atoms with Crippen molar-refractivity contribution < 1.29 is 64.2 Å². The van der Waals surface area contributed by atoms with Crippen molar-refractivity contribution in [1.29, 1.82) is 0 Å². The average Bonchev–Trinajstić information content (AvgIpc) is 3.22. The molecule has 2 unspecified atom stereocenters. The first-order chi connectivity index (χ1) is 18.6. The van der Waals surface area contributed by atoms with Gasteiger partial charge in [0.1, 0.15) is 59.5 Å². The highest BCUT2D eigenvalue weighted by molar-refractivity contribution is 6.00. The molecule has 0 amide bonds. The Bertz CT molecular complexity index is 1170. The summed E-state index contributed by atoms with van der Waals surface area (Å²) in [4.78, 5) is 12.8. The quantitative estimate of drug-likeness (QED) is 0.208. The normalized spacial score (nSPS) is 36.2. The van der Waals surface area contributed by atoms with Gasteiger partial charge in [-0.25, -0.2) is 0 Å². The number of ether oxygens (including phenoxy) is 5. The fraction of sp³-hybridized carbons (Fsp3) is 0.500. The summed E-state index contributed by atoms with van der Waals surface area (Å²) in [5, 5.41) is 69.0. The van der Waals surface area contributed by atoms with Gasteiger partial charge in [0.05, 0.1) is 31.8 Å². The molecular formula is C26H30O13. The highest BCUT2D eigenvalue weighted by Crippen LogP contribution is 2.38. The minimum Gasteiger partial charge on any atom is -0.484 e. The van der Waals surface area contributed by atoms with Crippen LogP contribution in [-0.4, -0.2) is 110 Å². The Morgan fingerprint density at radius 1 is 0.897 bits per heavy atom. The van der Waals surface area contributed by atoms with Gasteiger partial charge in [-0.15, -0.1) is 0 Å². The standard InChI is InChI=1S/C26H30O13/c27-9-19-20(30)21(31)22(32)24(39-19)36-13-3-1-12(2-4-13)17-8-16(29)15-6-5-14(7-18(15)38-17)37-25-23(33)26(34,10-28)11-35-25/h1-7,17,19-25,27-28,30-34H,8-11H2/t17?,19-,20-,21+,22-,23+,24-,25+,26?/m1/s1. The number of ketones is 1. The van der Waals surface area contributed by atoms with Gasteiger partial charge >= 0.3 is 0 Å². The van der Waals surface area contributed by atoms with Crippen LogP contribution in [0.1, 0.15) is 28.4 Å². The Morgan fingerprint density at radius 3 is 2.26 bits per heavy atom. The number of carbonyl (C=O) groups excluding carboxylic acids is 1. The van der Waals surface area contributed by atoms with Gasteiger partial charge in [0.2, 0.25) is 12.6 Å². The van der Waals surface area contributed by atoms with Gasteiger partial charge in [0.15, 0.2) is 5.78 Å². The predicted molar refractivity (Wildman–Crippen MR) is 128 cm³/mol. The molecule has 0 radical (unpaired) electrons. The van der Waals surface area contributed by atoms with Crippen molar-refractivity contribution in [3.05, 3.63) is 53.6 Å². The van der Waals surface area contributed by atoms with Crippen LogP contribution >= 0.6 is 0 Å². The molecule has 0 saturated carbocycles. The van der Waals surface area contributed by atoms with Gasteiger partial charge < -0.3 is 59.4 Å². The largest absolute Gasteiger partial charge is 0.484 e. The number of hydrogen-bond acceptors (Lipinski definition) is 13. The second-order valence-corrected chi connectivity index (χ2v) is 9.78. The molecule has 3 heterocycles. The molecule has 3 aliphatic rings. The van der Waals surface area contributed by atoms with Crippen LogP contribution in [0.3, 0.4) is 0 Å². The number of carbonyl (C=O) groups is 1. The molecule has 0 spiro atoms. The highest BCUT2D eigenvalue weighted by atomic mass is 16.7. The molecule has 0 bridgehead atoms. The molecule has 2 aromatic rings. The first-order valence-electron chi connectivity index (χ1n) is 12.3. The van der Waals surface area contributed by atoms with E-state index >= 15 is 0 Å². The molecule has 9 atom stereocenters. The second kappa shape index (κ2) is 11.0. The van der Waals surface area contributed by atoms with Crippen molar-refractivity contribution in [1.82, 2.24) is 0 Å². The number of benzene rings is 2. The van der Waals surface area contributed by atoms with E-state index < -0.39 is 68.0 Å². The Hall–Kier alpha value is -2.85. The molecule has 7 N–H and O–H groups in total. The molecule has 0 aromatic heterocycles. The summed E-state index contributed by atoms with van der Waals surface area (Å²) in [7, 11) is 0. The Labute approximate surface area is 222 Å². The summed E-state index contributed by atoms with van der Waals surface area (Å²) in [6.45, 7) is -1.60. The van der Waals surface area contributed by atoms with Gasteiger partial charge in [0, 0.05) is 6.07 Å². The van der Waals surface area contributed by atoms with E-state index in [9.17, 15) is 40.5 Å². The van der Waals surface area contributed by atoms with Crippen molar-refractivity contribution in [2.24, 2.45) is 0 Å². The lowest BCUT2D eigenvalue weighted by atomic mass is 9.96. The molecule has 5 rings (SSSR count). The van der Waals surface area contributed by atoms with E-state index in [4.69, 9.17) is 23.7 Å². The number of fused-ring (bicyclic) bond motifs is 1. The van der Waals surface area contributed by atoms with E-state index in [-0.39, 0.29) is 36.1 Å². The number of aliphatic hydroxyl groups excluding tert-OH is 6. The third kappa shape index (κ3) is 5.33. The van der Waals surface area contributed by atoms with Crippen LogP contribution in [0.5, 0.6) is 17.2 Å². The monoisotopic (exact) mass is 550 g/mol. The lowest BCUT2D eigenvalue weighted by Crippen LogP contribution is -2.60. The van der Waals surface area contributed by atoms with E-state index in [1.807, 2.05) is 0 Å².